The summed E-state index contributed by atoms with van der Waals surface area (Å²) in [6.07, 6.45) is 0. The van der Waals surface area contributed by atoms with Crippen LogP contribution in [0, 0.1) is 11.8 Å². The van der Waals surface area contributed by atoms with E-state index in [4.69, 9.17) is 5.73 Å². The van der Waals surface area contributed by atoms with Crippen molar-refractivity contribution in [1.82, 2.24) is 5.32 Å². The summed E-state index contributed by atoms with van der Waals surface area (Å²) in [4.78, 5) is 12.8. The molecule has 1 aromatic heterocycles. The lowest BCUT2D eigenvalue weighted by Gasteiger charge is -2.16. The summed E-state index contributed by atoms with van der Waals surface area (Å²) in [5.41, 5.74) is 6.28. The second-order valence-corrected chi connectivity index (χ2v) is 7.78. The highest BCUT2D eigenvalue weighted by atomic mass is 32.2. The molecule has 0 bridgehead atoms. The van der Waals surface area contributed by atoms with Gasteiger partial charge in [0.15, 0.2) is 0 Å². The zero-order valence-electron chi connectivity index (χ0n) is 11.6. The number of nitrogens with one attached hydrogen (secondary N) is 1. The van der Waals surface area contributed by atoms with Gasteiger partial charge in [-0.25, -0.2) is 0 Å². The number of nitrogens with two attached hydrogens (primary N) is 1. The Kier molecular flexibility index (Phi) is 6.43. The number of hydrogen-bond acceptors (Lipinski definition) is 4. The molecule has 0 aliphatic carbocycles. The van der Waals surface area contributed by atoms with E-state index < -0.39 is 0 Å². The molecule has 5 heteroatoms. The van der Waals surface area contributed by atoms with Crippen LogP contribution in [0.25, 0.3) is 0 Å². The van der Waals surface area contributed by atoms with E-state index in [2.05, 4.69) is 37.9 Å². The van der Waals surface area contributed by atoms with Gasteiger partial charge in [-0.1, -0.05) is 32.6 Å². The van der Waals surface area contributed by atoms with E-state index in [9.17, 15) is 4.79 Å². The van der Waals surface area contributed by atoms with Crippen molar-refractivity contribution in [3.8, 4) is 11.8 Å². The molecule has 0 aromatic carbocycles. The number of hydrogen-bond donors (Lipinski definition) is 2. The van der Waals surface area contributed by atoms with Crippen molar-refractivity contribution >= 4 is 29.0 Å². The molecule has 0 atom stereocenters. The minimum absolute atomic E-state index is 0.0721. The predicted octanol–water partition coefficient (Wildman–Crippen LogP) is 2.21. The van der Waals surface area contributed by atoms with Crippen LogP contribution < -0.4 is 11.1 Å². The molecule has 0 fully saturated rings. The summed E-state index contributed by atoms with van der Waals surface area (Å²) in [5.74, 6) is 6.36. The number of thiophene rings is 1. The van der Waals surface area contributed by atoms with Gasteiger partial charge in [0.25, 0.3) is 0 Å². The van der Waals surface area contributed by atoms with Crippen LogP contribution in [0.3, 0.4) is 0 Å². The molecule has 0 aliphatic rings. The molecule has 1 heterocycles. The van der Waals surface area contributed by atoms with Crippen molar-refractivity contribution in [2.45, 2.75) is 32.1 Å². The monoisotopic (exact) mass is 296 g/mol. The molecule has 3 N–H and O–H groups in total. The van der Waals surface area contributed by atoms with E-state index in [1.165, 1.54) is 0 Å². The molecular weight excluding hydrogens is 276 g/mol. The minimum atomic E-state index is 0.0721. The van der Waals surface area contributed by atoms with Crippen LogP contribution >= 0.6 is 23.1 Å². The lowest BCUT2D eigenvalue weighted by atomic mass is 10.3. The third kappa shape index (κ3) is 7.26. The van der Waals surface area contributed by atoms with E-state index in [1.54, 1.807) is 23.1 Å². The van der Waals surface area contributed by atoms with E-state index in [0.717, 1.165) is 10.4 Å². The Balaban J connectivity index is 2.36. The first-order valence-electron chi connectivity index (χ1n) is 6.08. The highest BCUT2D eigenvalue weighted by Gasteiger charge is 2.13. The van der Waals surface area contributed by atoms with Crippen LogP contribution in [0.1, 0.15) is 31.2 Å². The highest BCUT2D eigenvalue weighted by Crippen LogP contribution is 2.22. The average Bonchev–Trinajstić information content (AvgIpc) is 2.78. The van der Waals surface area contributed by atoms with Crippen molar-refractivity contribution in [3.05, 3.63) is 21.9 Å². The summed E-state index contributed by atoms with van der Waals surface area (Å²) in [6, 6.07) is 1.99. The molecule has 0 saturated heterocycles. The fourth-order valence-electron chi connectivity index (χ4n) is 1.21. The summed E-state index contributed by atoms with van der Waals surface area (Å²) in [5, 5.41) is 4.90. The Bertz CT molecular complexity index is 478. The second-order valence-electron chi connectivity index (χ2n) is 4.99. The molecule has 0 saturated carbocycles. The summed E-state index contributed by atoms with van der Waals surface area (Å²) in [7, 11) is 0. The van der Waals surface area contributed by atoms with Gasteiger partial charge in [0.2, 0.25) is 5.91 Å². The topological polar surface area (TPSA) is 55.1 Å². The molecule has 0 radical (unpaired) electrons. The van der Waals surface area contributed by atoms with Crippen LogP contribution in [0.5, 0.6) is 0 Å². The van der Waals surface area contributed by atoms with Gasteiger partial charge < -0.3 is 11.1 Å². The quantitative estimate of drug-likeness (QED) is 0.838. The predicted molar refractivity (Wildman–Crippen MR) is 84.3 cm³/mol. The van der Waals surface area contributed by atoms with Crippen LogP contribution in [0.4, 0.5) is 0 Å². The Morgan fingerprint density at radius 2 is 2.26 bits per heavy atom. The molecule has 0 aliphatic heterocycles. The lowest BCUT2D eigenvalue weighted by molar-refractivity contribution is -0.118. The summed E-state index contributed by atoms with van der Waals surface area (Å²) < 4.78 is 0.116. The zero-order valence-corrected chi connectivity index (χ0v) is 13.2. The first-order chi connectivity index (χ1) is 8.90. The van der Waals surface area contributed by atoms with Gasteiger partial charge in [-0.2, -0.15) is 0 Å². The third-order valence-electron chi connectivity index (χ3n) is 2.08. The van der Waals surface area contributed by atoms with E-state index >= 15 is 0 Å². The average molecular weight is 296 g/mol. The van der Waals surface area contributed by atoms with E-state index in [0.29, 0.717) is 18.8 Å². The Labute approximate surface area is 123 Å². The number of thioether (sulfide) groups is 1. The van der Waals surface area contributed by atoms with Crippen molar-refractivity contribution in [2.75, 3.05) is 12.3 Å². The number of amides is 1. The molecule has 1 amide bonds. The lowest BCUT2D eigenvalue weighted by Crippen LogP contribution is -2.26. The molecule has 3 nitrogen and oxygen atoms in total. The SMILES string of the molecule is CC(C)(C)SCC(=O)NCc1cc(C#CCN)cs1. The largest absolute Gasteiger partial charge is 0.350 e. The first-order valence-corrected chi connectivity index (χ1v) is 7.94. The number of carbonyl (C=O) groups is 1. The van der Waals surface area contributed by atoms with Gasteiger partial charge >= 0.3 is 0 Å². The van der Waals surface area contributed by atoms with Crippen LogP contribution in [-0.2, 0) is 11.3 Å². The second kappa shape index (κ2) is 7.59. The number of carbonyl (C=O) groups excluding carboxylic acids is 1. The molecule has 19 heavy (non-hydrogen) atoms. The number of rotatable bonds is 4. The molecule has 104 valence electrons. The molecular formula is C14H20N2OS2. The maximum atomic E-state index is 11.7. The van der Waals surface area contributed by atoms with Gasteiger partial charge in [-0.15, -0.1) is 23.1 Å². The van der Waals surface area contributed by atoms with Crippen molar-refractivity contribution < 1.29 is 4.79 Å². The molecule has 1 rings (SSSR count). The van der Waals surface area contributed by atoms with Gasteiger partial charge in [0, 0.05) is 20.6 Å². The van der Waals surface area contributed by atoms with Crippen LogP contribution in [0.2, 0.25) is 0 Å². The molecule has 0 unspecified atom stereocenters. The smallest absolute Gasteiger partial charge is 0.230 e. The molecule has 1 aromatic rings. The highest BCUT2D eigenvalue weighted by molar-refractivity contribution is 8.01. The van der Waals surface area contributed by atoms with Crippen molar-refractivity contribution in [2.24, 2.45) is 5.73 Å². The van der Waals surface area contributed by atoms with Crippen molar-refractivity contribution in [1.29, 1.82) is 0 Å². The van der Waals surface area contributed by atoms with E-state index in [-0.39, 0.29) is 10.7 Å². The minimum Gasteiger partial charge on any atom is -0.350 e. The van der Waals surface area contributed by atoms with E-state index in [1.807, 2.05) is 11.4 Å². The summed E-state index contributed by atoms with van der Waals surface area (Å²) >= 11 is 3.25. The third-order valence-corrected chi connectivity index (χ3v) is 4.29. The van der Waals surface area contributed by atoms with Crippen LogP contribution in [-0.4, -0.2) is 23.0 Å². The van der Waals surface area contributed by atoms with Gasteiger partial charge in [0.05, 0.1) is 18.8 Å². The normalized spacial score (nSPS) is 10.7. The maximum absolute atomic E-state index is 11.7. The zero-order chi connectivity index (χ0) is 14.3. The Hall–Kier alpha value is -0.960. The summed E-state index contributed by atoms with van der Waals surface area (Å²) in [6.45, 7) is 7.25. The van der Waals surface area contributed by atoms with Crippen LogP contribution in [0.15, 0.2) is 11.4 Å². The van der Waals surface area contributed by atoms with Gasteiger partial charge in [-0.3, -0.25) is 4.79 Å². The Morgan fingerprint density at radius 3 is 2.89 bits per heavy atom. The van der Waals surface area contributed by atoms with Crippen molar-refractivity contribution in [3.63, 3.8) is 0 Å². The first kappa shape index (κ1) is 16.1. The van der Waals surface area contributed by atoms with Gasteiger partial charge in [-0.05, 0) is 6.07 Å². The fraction of sp³-hybridized carbons (Fsp3) is 0.500. The van der Waals surface area contributed by atoms with Gasteiger partial charge in [0.1, 0.15) is 0 Å². The molecule has 0 spiro atoms. The fourth-order valence-corrected chi connectivity index (χ4v) is 2.63. The Morgan fingerprint density at radius 1 is 1.53 bits per heavy atom. The maximum Gasteiger partial charge on any atom is 0.230 e. The standard InChI is InChI=1S/C14H20N2OS2/c1-14(2,3)19-10-13(17)16-8-12-7-11(9-18-12)5-4-6-15/h7,9H,6,8,10,15H2,1-3H3,(H,16,17).